The molecule has 1 aromatic heterocycles. The van der Waals surface area contributed by atoms with Crippen LogP contribution in [-0.4, -0.2) is 34.9 Å². The third-order valence-electron chi connectivity index (χ3n) is 3.47. The lowest BCUT2D eigenvalue weighted by molar-refractivity contribution is -0.136. The van der Waals surface area contributed by atoms with Crippen molar-refractivity contribution in [1.82, 2.24) is 10.6 Å². The maximum atomic E-state index is 11.6. The Bertz CT molecular complexity index is 559. The van der Waals surface area contributed by atoms with Gasteiger partial charge >= 0.3 is 12.1 Å². The standard InChI is InChI=1S/C16H24N2O4S/c1-16(2,3)22-15(21)18-11-6-10(7-11)17-9-13-5-4-12(23-13)8-14(19)20/h4-5,10-11,17H,6-9H2,1-3H3,(H,18,21)(H,19,20). The van der Waals surface area contributed by atoms with Gasteiger partial charge in [-0.3, -0.25) is 4.79 Å². The summed E-state index contributed by atoms with van der Waals surface area (Å²) in [5.41, 5.74) is -0.474. The first-order valence-electron chi connectivity index (χ1n) is 7.73. The van der Waals surface area contributed by atoms with Crippen molar-refractivity contribution in [3.8, 4) is 0 Å². The predicted molar refractivity (Wildman–Crippen MR) is 88.7 cm³/mol. The highest BCUT2D eigenvalue weighted by atomic mass is 32.1. The third-order valence-corrected chi connectivity index (χ3v) is 4.55. The molecule has 1 saturated carbocycles. The number of ether oxygens (including phenoxy) is 1. The average Bonchev–Trinajstić information content (AvgIpc) is 2.76. The molecule has 7 heteroatoms. The number of rotatable bonds is 6. The summed E-state index contributed by atoms with van der Waals surface area (Å²) in [5.74, 6) is -0.804. The summed E-state index contributed by atoms with van der Waals surface area (Å²) in [6, 6.07) is 4.36. The molecule has 128 valence electrons. The van der Waals surface area contributed by atoms with Crippen molar-refractivity contribution in [3.63, 3.8) is 0 Å². The lowest BCUT2D eigenvalue weighted by Crippen LogP contribution is -2.52. The molecule has 3 N–H and O–H groups in total. The first-order chi connectivity index (χ1) is 10.7. The van der Waals surface area contributed by atoms with E-state index in [0.29, 0.717) is 6.04 Å². The number of carboxylic acids is 1. The Hall–Kier alpha value is -1.60. The molecule has 0 atom stereocenters. The van der Waals surface area contributed by atoms with Crippen LogP contribution >= 0.6 is 11.3 Å². The van der Waals surface area contributed by atoms with Crippen molar-refractivity contribution in [2.75, 3.05) is 0 Å². The zero-order valence-electron chi connectivity index (χ0n) is 13.7. The summed E-state index contributed by atoms with van der Waals surface area (Å²) in [4.78, 5) is 24.3. The molecule has 1 aliphatic rings. The largest absolute Gasteiger partial charge is 0.481 e. The molecule has 0 unspecified atom stereocenters. The Kier molecular flexibility index (Phi) is 5.64. The quantitative estimate of drug-likeness (QED) is 0.741. The van der Waals surface area contributed by atoms with Crippen LogP contribution in [0, 0.1) is 0 Å². The number of amides is 1. The molecular formula is C16H24N2O4S. The summed E-state index contributed by atoms with van der Waals surface area (Å²) < 4.78 is 5.23. The number of carbonyl (C=O) groups excluding carboxylic acids is 1. The van der Waals surface area contributed by atoms with Crippen molar-refractivity contribution in [3.05, 3.63) is 21.9 Å². The van der Waals surface area contributed by atoms with E-state index in [1.54, 1.807) is 0 Å². The summed E-state index contributed by atoms with van der Waals surface area (Å²) in [6.45, 7) is 6.26. The number of carboxylic acid groups (broad SMARTS) is 1. The number of nitrogens with one attached hydrogen (secondary N) is 2. The van der Waals surface area contributed by atoms with Gasteiger partial charge in [-0.1, -0.05) is 0 Å². The van der Waals surface area contributed by atoms with Crippen LogP contribution in [0.25, 0.3) is 0 Å². The van der Waals surface area contributed by atoms with Gasteiger partial charge in [0.2, 0.25) is 0 Å². The molecule has 0 spiro atoms. The second-order valence-electron chi connectivity index (χ2n) is 6.83. The highest BCUT2D eigenvalue weighted by Gasteiger charge is 2.31. The molecule has 0 radical (unpaired) electrons. The number of thiophene rings is 1. The molecule has 1 fully saturated rings. The van der Waals surface area contributed by atoms with Crippen molar-refractivity contribution in [2.24, 2.45) is 0 Å². The van der Waals surface area contributed by atoms with E-state index < -0.39 is 11.6 Å². The van der Waals surface area contributed by atoms with E-state index in [-0.39, 0.29) is 18.6 Å². The topological polar surface area (TPSA) is 87.7 Å². The van der Waals surface area contributed by atoms with E-state index in [0.717, 1.165) is 29.1 Å². The van der Waals surface area contributed by atoms with Gasteiger partial charge in [0, 0.05) is 28.4 Å². The van der Waals surface area contributed by atoms with E-state index in [2.05, 4.69) is 10.6 Å². The van der Waals surface area contributed by atoms with Crippen LogP contribution in [0.2, 0.25) is 0 Å². The monoisotopic (exact) mass is 340 g/mol. The SMILES string of the molecule is CC(C)(C)OC(=O)NC1CC(NCc2ccc(CC(=O)O)s2)C1. The second kappa shape index (κ2) is 7.31. The molecule has 1 aliphatic carbocycles. The van der Waals surface area contributed by atoms with Gasteiger partial charge in [0.25, 0.3) is 0 Å². The number of carbonyl (C=O) groups is 2. The van der Waals surface area contributed by atoms with Gasteiger partial charge in [-0.25, -0.2) is 4.79 Å². The molecule has 0 aliphatic heterocycles. The predicted octanol–water partition coefficient (Wildman–Crippen LogP) is 2.52. The number of hydrogen-bond acceptors (Lipinski definition) is 5. The van der Waals surface area contributed by atoms with Gasteiger partial charge in [-0.05, 0) is 45.7 Å². The fourth-order valence-electron chi connectivity index (χ4n) is 2.38. The number of hydrogen-bond donors (Lipinski definition) is 3. The summed E-state index contributed by atoms with van der Waals surface area (Å²) in [7, 11) is 0. The van der Waals surface area contributed by atoms with Gasteiger partial charge in [0.1, 0.15) is 5.60 Å². The Morgan fingerprint density at radius 1 is 1.26 bits per heavy atom. The molecule has 1 aromatic rings. The summed E-state index contributed by atoms with van der Waals surface area (Å²) in [5, 5.41) is 15.0. The van der Waals surface area contributed by atoms with Crippen LogP contribution in [-0.2, 0) is 22.5 Å². The zero-order valence-corrected chi connectivity index (χ0v) is 14.5. The lowest BCUT2D eigenvalue weighted by Gasteiger charge is -2.36. The maximum Gasteiger partial charge on any atom is 0.407 e. The van der Waals surface area contributed by atoms with Crippen molar-refractivity contribution in [2.45, 2.75) is 64.3 Å². The summed E-state index contributed by atoms with van der Waals surface area (Å²) >= 11 is 1.52. The minimum Gasteiger partial charge on any atom is -0.481 e. The first-order valence-corrected chi connectivity index (χ1v) is 8.55. The van der Waals surface area contributed by atoms with Crippen LogP contribution in [0.1, 0.15) is 43.4 Å². The molecule has 0 saturated heterocycles. The Labute approximate surface area is 140 Å². The fourth-order valence-corrected chi connectivity index (χ4v) is 3.34. The van der Waals surface area contributed by atoms with Crippen molar-refractivity contribution >= 4 is 23.4 Å². The van der Waals surface area contributed by atoms with Crippen molar-refractivity contribution < 1.29 is 19.4 Å². The van der Waals surface area contributed by atoms with Gasteiger partial charge in [0.05, 0.1) is 6.42 Å². The van der Waals surface area contributed by atoms with Gasteiger partial charge in [0.15, 0.2) is 0 Å². The van der Waals surface area contributed by atoms with Crippen LogP contribution in [0.3, 0.4) is 0 Å². The molecule has 2 rings (SSSR count). The van der Waals surface area contributed by atoms with E-state index in [4.69, 9.17) is 9.84 Å². The van der Waals surface area contributed by atoms with Gasteiger partial charge in [-0.2, -0.15) is 0 Å². The maximum absolute atomic E-state index is 11.6. The molecule has 0 aromatic carbocycles. The molecule has 1 heterocycles. The molecule has 1 amide bonds. The van der Waals surface area contributed by atoms with Crippen LogP contribution in [0.5, 0.6) is 0 Å². The second-order valence-corrected chi connectivity index (χ2v) is 8.08. The average molecular weight is 340 g/mol. The molecule has 23 heavy (non-hydrogen) atoms. The van der Waals surface area contributed by atoms with Crippen LogP contribution in [0.15, 0.2) is 12.1 Å². The minimum atomic E-state index is -0.804. The summed E-state index contributed by atoms with van der Waals surface area (Å²) in [6.07, 6.45) is 1.48. The Morgan fingerprint density at radius 3 is 2.52 bits per heavy atom. The number of aliphatic carboxylic acids is 1. The fraction of sp³-hybridized carbons (Fsp3) is 0.625. The highest BCUT2D eigenvalue weighted by molar-refractivity contribution is 7.12. The first kappa shape index (κ1) is 17.7. The lowest BCUT2D eigenvalue weighted by atomic mass is 9.87. The minimum absolute atomic E-state index is 0.0793. The molecular weight excluding hydrogens is 316 g/mol. The van der Waals surface area contributed by atoms with Crippen LogP contribution in [0.4, 0.5) is 4.79 Å². The van der Waals surface area contributed by atoms with E-state index in [1.807, 2.05) is 32.9 Å². The zero-order chi connectivity index (χ0) is 17.0. The third kappa shape index (κ3) is 6.19. The number of alkyl carbamates (subject to hydrolysis) is 1. The van der Waals surface area contributed by atoms with Gasteiger partial charge in [-0.15, -0.1) is 11.3 Å². The van der Waals surface area contributed by atoms with E-state index in [9.17, 15) is 9.59 Å². The Morgan fingerprint density at radius 2 is 1.91 bits per heavy atom. The molecule has 0 bridgehead atoms. The smallest absolute Gasteiger partial charge is 0.407 e. The van der Waals surface area contributed by atoms with Crippen LogP contribution < -0.4 is 10.6 Å². The van der Waals surface area contributed by atoms with Crippen molar-refractivity contribution in [1.29, 1.82) is 0 Å². The molecule has 6 nitrogen and oxygen atoms in total. The highest BCUT2D eigenvalue weighted by Crippen LogP contribution is 2.23. The Balaban J connectivity index is 1.64. The normalized spacial score (nSPS) is 20.7. The van der Waals surface area contributed by atoms with Gasteiger partial charge < -0.3 is 20.5 Å². The van der Waals surface area contributed by atoms with E-state index in [1.165, 1.54) is 11.3 Å². The van der Waals surface area contributed by atoms with E-state index >= 15 is 0 Å².